The largest absolute Gasteiger partial charge is 0.497 e. The number of anilines is 1. The summed E-state index contributed by atoms with van der Waals surface area (Å²) in [5.74, 6) is 1.37. The number of benzene rings is 5. The van der Waals surface area contributed by atoms with Crippen LogP contribution >= 0.6 is 11.8 Å². The van der Waals surface area contributed by atoms with Crippen LogP contribution in [0.2, 0.25) is 0 Å². The van der Waals surface area contributed by atoms with Gasteiger partial charge in [-0.3, -0.25) is 9.69 Å². The first kappa shape index (κ1) is 23.2. The van der Waals surface area contributed by atoms with E-state index >= 15 is 0 Å². The van der Waals surface area contributed by atoms with E-state index in [2.05, 4.69) is 48.5 Å². The Morgan fingerprint density at radius 3 is 2.05 bits per heavy atom. The molecule has 2 unspecified atom stereocenters. The van der Waals surface area contributed by atoms with Crippen LogP contribution in [-0.2, 0) is 4.79 Å². The first-order chi connectivity index (χ1) is 18.2. The van der Waals surface area contributed by atoms with E-state index in [-0.39, 0.29) is 11.9 Å². The molecule has 1 aliphatic heterocycles. The van der Waals surface area contributed by atoms with Crippen molar-refractivity contribution in [3.8, 4) is 11.5 Å². The average Bonchev–Trinajstić information content (AvgIpc) is 2.96. The quantitative estimate of drug-likeness (QED) is 0.215. The van der Waals surface area contributed by atoms with Crippen LogP contribution in [0.15, 0.2) is 131 Å². The normalized spacial score (nSPS) is 16.9. The Bertz CT molecular complexity index is 1530. The zero-order valence-corrected chi connectivity index (χ0v) is 21.1. The molecule has 4 nitrogen and oxygen atoms in total. The lowest BCUT2D eigenvalue weighted by molar-refractivity contribution is -0.135. The van der Waals surface area contributed by atoms with Crippen LogP contribution in [0.5, 0.6) is 11.5 Å². The molecule has 5 heteroatoms. The van der Waals surface area contributed by atoms with Crippen molar-refractivity contribution in [3.63, 3.8) is 0 Å². The van der Waals surface area contributed by atoms with Crippen LogP contribution in [0.3, 0.4) is 0 Å². The summed E-state index contributed by atoms with van der Waals surface area (Å²) in [5, 5.41) is 2.22. The minimum Gasteiger partial charge on any atom is -0.497 e. The highest BCUT2D eigenvalue weighted by atomic mass is 32.2. The van der Waals surface area contributed by atoms with Gasteiger partial charge in [0.15, 0.2) is 0 Å². The number of nitrogens with zero attached hydrogens (tertiary/aromatic N) is 1. The molecule has 2 atom stereocenters. The summed E-state index contributed by atoms with van der Waals surface area (Å²) in [6.07, 6.45) is -0.615. The Hall–Kier alpha value is -4.22. The number of fused-ring (bicyclic) bond motifs is 1. The van der Waals surface area contributed by atoms with Gasteiger partial charge in [0.05, 0.1) is 7.11 Å². The molecule has 1 saturated heterocycles. The molecule has 1 heterocycles. The zero-order valence-electron chi connectivity index (χ0n) is 20.3. The number of rotatable bonds is 7. The highest BCUT2D eigenvalue weighted by molar-refractivity contribution is 7.99. The van der Waals surface area contributed by atoms with Gasteiger partial charge >= 0.3 is 0 Å². The van der Waals surface area contributed by atoms with Crippen molar-refractivity contribution in [2.24, 2.45) is 0 Å². The zero-order chi connectivity index (χ0) is 25.2. The molecule has 1 amide bonds. The van der Waals surface area contributed by atoms with Gasteiger partial charge in [0.25, 0.3) is 5.91 Å². The molecule has 1 fully saturated rings. The Kier molecular flexibility index (Phi) is 6.29. The molecule has 0 saturated carbocycles. The van der Waals surface area contributed by atoms with Crippen LogP contribution in [-0.4, -0.2) is 19.1 Å². The van der Waals surface area contributed by atoms with Crippen molar-refractivity contribution in [2.45, 2.75) is 21.9 Å². The fourth-order valence-electron chi connectivity index (χ4n) is 4.68. The summed E-state index contributed by atoms with van der Waals surface area (Å²) < 4.78 is 11.6. The van der Waals surface area contributed by atoms with Crippen molar-refractivity contribution in [3.05, 3.63) is 127 Å². The lowest BCUT2D eigenvalue weighted by atomic mass is 9.89. The third kappa shape index (κ3) is 4.66. The average molecular weight is 504 g/mol. The summed E-state index contributed by atoms with van der Waals surface area (Å²) in [6.45, 7) is 0. The highest BCUT2D eigenvalue weighted by Gasteiger charge is 2.51. The molecule has 0 aliphatic carbocycles. The van der Waals surface area contributed by atoms with Crippen LogP contribution in [0.1, 0.15) is 11.6 Å². The minimum atomic E-state index is -0.615. The molecule has 0 bridgehead atoms. The molecule has 6 rings (SSSR count). The molecule has 5 aromatic rings. The second-order valence-corrected chi connectivity index (χ2v) is 10.0. The summed E-state index contributed by atoms with van der Waals surface area (Å²) in [5.41, 5.74) is 1.84. The number of β-lactam (4-membered cyclic amide) rings is 1. The minimum absolute atomic E-state index is 0.0638. The van der Waals surface area contributed by atoms with E-state index in [1.54, 1.807) is 18.9 Å². The third-order valence-electron chi connectivity index (χ3n) is 6.58. The monoisotopic (exact) mass is 503 g/mol. The summed E-state index contributed by atoms with van der Waals surface area (Å²) >= 11 is 1.71. The standard InChI is InChI=1S/C32H25NO3S/c1-35-26-17-14-25(15-18-26)33-30(23-12-19-29(20-13-23)37-28-9-3-2-4-10-28)31(32(33)34)36-27-16-11-22-7-5-6-8-24(22)21-27/h2-21,30-31H,1H3. The van der Waals surface area contributed by atoms with Crippen LogP contribution in [0.4, 0.5) is 5.69 Å². The lowest BCUT2D eigenvalue weighted by Crippen LogP contribution is -2.61. The molecule has 37 heavy (non-hydrogen) atoms. The number of methoxy groups -OCH3 is 1. The van der Waals surface area contributed by atoms with E-state index < -0.39 is 6.10 Å². The molecule has 0 spiro atoms. The highest BCUT2D eigenvalue weighted by Crippen LogP contribution is 2.42. The summed E-state index contributed by atoms with van der Waals surface area (Å²) in [4.78, 5) is 17.6. The second-order valence-electron chi connectivity index (χ2n) is 8.88. The van der Waals surface area contributed by atoms with Crippen LogP contribution in [0.25, 0.3) is 10.8 Å². The smallest absolute Gasteiger partial charge is 0.271 e. The van der Waals surface area contributed by atoms with Crippen molar-refractivity contribution in [1.82, 2.24) is 0 Å². The second kappa shape index (κ2) is 10.0. The SMILES string of the molecule is COc1ccc(N2C(=O)C(Oc3ccc4ccccc4c3)C2c2ccc(Sc3ccccc3)cc2)cc1. The van der Waals surface area contributed by atoms with Gasteiger partial charge in [-0.25, -0.2) is 0 Å². The summed E-state index contributed by atoms with van der Waals surface area (Å²) in [6, 6.07) is 40.1. The van der Waals surface area contributed by atoms with E-state index in [4.69, 9.17) is 9.47 Å². The number of hydrogen-bond donors (Lipinski definition) is 0. The number of carbonyl (C=O) groups excluding carboxylic acids is 1. The Labute approximate surface area is 220 Å². The Balaban J connectivity index is 1.30. The Morgan fingerprint density at radius 2 is 1.32 bits per heavy atom. The number of hydrogen-bond acceptors (Lipinski definition) is 4. The third-order valence-corrected chi connectivity index (χ3v) is 7.60. The van der Waals surface area contributed by atoms with E-state index in [0.29, 0.717) is 5.75 Å². The first-order valence-electron chi connectivity index (χ1n) is 12.1. The number of carbonyl (C=O) groups is 1. The molecule has 1 aliphatic rings. The molecule has 0 N–H and O–H groups in total. The van der Waals surface area contributed by atoms with Gasteiger partial charge in [-0.15, -0.1) is 0 Å². The van der Waals surface area contributed by atoms with Crippen molar-refractivity contribution in [1.29, 1.82) is 0 Å². The van der Waals surface area contributed by atoms with E-state index in [1.165, 1.54) is 4.90 Å². The van der Waals surface area contributed by atoms with Gasteiger partial charge < -0.3 is 9.47 Å². The molecule has 0 radical (unpaired) electrons. The molecular formula is C32H25NO3S. The van der Waals surface area contributed by atoms with Crippen LogP contribution < -0.4 is 14.4 Å². The summed E-state index contributed by atoms with van der Waals surface area (Å²) in [7, 11) is 1.63. The van der Waals surface area contributed by atoms with Gasteiger partial charge in [-0.1, -0.05) is 72.4 Å². The molecule has 0 aromatic heterocycles. The fraction of sp³-hybridized carbons (Fsp3) is 0.0938. The molecular weight excluding hydrogens is 478 g/mol. The predicted molar refractivity (Wildman–Crippen MR) is 149 cm³/mol. The van der Waals surface area contributed by atoms with Gasteiger partial charge in [-0.05, 0) is 77.0 Å². The van der Waals surface area contributed by atoms with Gasteiger partial charge in [0, 0.05) is 15.5 Å². The van der Waals surface area contributed by atoms with Gasteiger partial charge in [0.1, 0.15) is 17.5 Å². The first-order valence-corrected chi connectivity index (χ1v) is 13.0. The van der Waals surface area contributed by atoms with Crippen molar-refractivity contribution < 1.29 is 14.3 Å². The maximum absolute atomic E-state index is 13.4. The maximum Gasteiger partial charge on any atom is 0.271 e. The predicted octanol–water partition coefficient (Wildman–Crippen LogP) is 7.54. The molecule has 182 valence electrons. The van der Waals surface area contributed by atoms with E-state index in [1.807, 2.05) is 77.7 Å². The Morgan fingerprint density at radius 1 is 0.676 bits per heavy atom. The maximum atomic E-state index is 13.4. The van der Waals surface area contributed by atoms with E-state index in [0.717, 1.165) is 32.7 Å². The fourth-order valence-corrected chi connectivity index (χ4v) is 5.51. The lowest BCUT2D eigenvalue weighted by Gasteiger charge is -2.46. The molecule has 5 aromatic carbocycles. The van der Waals surface area contributed by atoms with E-state index in [9.17, 15) is 4.79 Å². The van der Waals surface area contributed by atoms with Crippen LogP contribution in [0, 0.1) is 0 Å². The van der Waals surface area contributed by atoms with Gasteiger partial charge in [0.2, 0.25) is 6.10 Å². The number of amides is 1. The van der Waals surface area contributed by atoms with Crippen molar-refractivity contribution in [2.75, 3.05) is 12.0 Å². The number of ether oxygens (including phenoxy) is 2. The topological polar surface area (TPSA) is 38.8 Å². The van der Waals surface area contributed by atoms with Gasteiger partial charge in [-0.2, -0.15) is 0 Å². The van der Waals surface area contributed by atoms with Crippen molar-refractivity contribution >= 4 is 34.1 Å².